The Balaban J connectivity index is 1.55. The lowest BCUT2D eigenvalue weighted by molar-refractivity contribution is 0.252. The van der Waals surface area contributed by atoms with Crippen molar-refractivity contribution in [1.82, 2.24) is 10.2 Å². The van der Waals surface area contributed by atoms with Crippen LogP contribution in [0.4, 0.5) is 0 Å². The van der Waals surface area contributed by atoms with Crippen LogP contribution in [0.2, 0.25) is 5.02 Å². The number of aryl methyl sites for hydroxylation is 1. The van der Waals surface area contributed by atoms with E-state index in [0.29, 0.717) is 21.9 Å². The molecule has 0 aliphatic rings. The van der Waals surface area contributed by atoms with E-state index in [4.69, 9.17) is 20.8 Å². The number of aromatic nitrogens is 2. The standard InChI is InChI=1S/C17H15ClN2O2S/c1-12-5-4-6-13(9-12)11-23-17-20-19-16(22-17)10-21-15-8-3-2-7-14(15)18/h2-9H,10-11H2,1H3. The second kappa shape index (κ2) is 7.53. The largest absolute Gasteiger partial charge is 0.482 e. The quantitative estimate of drug-likeness (QED) is 0.594. The van der Waals surface area contributed by atoms with Gasteiger partial charge in [-0.2, -0.15) is 0 Å². The molecule has 4 nitrogen and oxygen atoms in total. The molecule has 1 aromatic heterocycles. The summed E-state index contributed by atoms with van der Waals surface area (Å²) < 4.78 is 11.1. The zero-order chi connectivity index (χ0) is 16.1. The van der Waals surface area contributed by atoms with Gasteiger partial charge in [0.1, 0.15) is 5.75 Å². The molecule has 0 amide bonds. The minimum Gasteiger partial charge on any atom is -0.482 e. The van der Waals surface area contributed by atoms with E-state index in [2.05, 4.69) is 35.3 Å². The number of hydrogen-bond donors (Lipinski definition) is 0. The van der Waals surface area contributed by atoms with Gasteiger partial charge in [0.15, 0.2) is 6.61 Å². The van der Waals surface area contributed by atoms with Crippen LogP contribution in [0.1, 0.15) is 17.0 Å². The normalized spacial score (nSPS) is 10.7. The maximum absolute atomic E-state index is 6.03. The molecule has 0 radical (unpaired) electrons. The molecule has 0 N–H and O–H groups in total. The van der Waals surface area contributed by atoms with Crippen molar-refractivity contribution < 1.29 is 9.15 Å². The van der Waals surface area contributed by atoms with Crippen molar-refractivity contribution >= 4 is 23.4 Å². The molecule has 0 fully saturated rings. The molecule has 23 heavy (non-hydrogen) atoms. The minimum absolute atomic E-state index is 0.196. The Morgan fingerprint density at radius 1 is 1.13 bits per heavy atom. The molecule has 118 valence electrons. The molecular formula is C17H15ClN2O2S. The second-order valence-corrected chi connectivity index (χ2v) is 6.29. The van der Waals surface area contributed by atoms with Gasteiger partial charge in [0.2, 0.25) is 0 Å². The maximum atomic E-state index is 6.03. The average molecular weight is 347 g/mol. The van der Waals surface area contributed by atoms with Gasteiger partial charge in [-0.15, -0.1) is 10.2 Å². The van der Waals surface area contributed by atoms with Crippen LogP contribution in [0.5, 0.6) is 5.75 Å². The van der Waals surface area contributed by atoms with Crippen LogP contribution in [0.3, 0.4) is 0 Å². The fourth-order valence-corrected chi connectivity index (χ4v) is 2.92. The molecule has 6 heteroatoms. The van der Waals surface area contributed by atoms with Crippen molar-refractivity contribution in [1.29, 1.82) is 0 Å². The van der Waals surface area contributed by atoms with Gasteiger partial charge in [0, 0.05) is 5.75 Å². The first-order chi connectivity index (χ1) is 11.2. The molecule has 2 aromatic carbocycles. The van der Waals surface area contributed by atoms with Crippen molar-refractivity contribution in [2.75, 3.05) is 0 Å². The summed E-state index contributed by atoms with van der Waals surface area (Å²) in [6.45, 7) is 2.27. The third kappa shape index (κ3) is 4.50. The number of thioether (sulfide) groups is 1. The fourth-order valence-electron chi connectivity index (χ4n) is 2.00. The van der Waals surface area contributed by atoms with Gasteiger partial charge in [0.05, 0.1) is 5.02 Å². The van der Waals surface area contributed by atoms with Crippen LogP contribution in [0, 0.1) is 6.92 Å². The van der Waals surface area contributed by atoms with Gasteiger partial charge in [-0.05, 0) is 24.6 Å². The van der Waals surface area contributed by atoms with Gasteiger partial charge >= 0.3 is 0 Å². The highest BCUT2D eigenvalue weighted by Crippen LogP contribution is 2.25. The number of ether oxygens (including phenoxy) is 1. The predicted molar refractivity (Wildman–Crippen MR) is 90.8 cm³/mol. The summed E-state index contributed by atoms with van der Waals surface area (Å²) in [5.74, 6) is 1.81. The van der Waals surface area contributed by atoms with Crippen LogP contribution in [0.25, 0.3) is 0 Å². The number of rotatable bonds is 6. The van der Waals surface area contributed by atoms with Crippen molar-refractivity contribution in [3.63, 3.8) is 0 Å². The highest BCUT2D eigenvalue weighted by Gasteiger charge is 2.09. The summed E-state index contributed by atoms with van der Waals surface area (Å²) in [6.07, 6.45) is 0. The van der Waals surface area contributed by atoms with Crippen LogP contribution in [-0.4, -0.2) is 10.2 Å². The van der Waals surface area contributed by atoms with Crippen molar-refractivity contribution in [3.05, 3.63) is 70.6 Å². The van der Waals surface area contributed by atoms with Crippen LogP contribution in [0.15, 0.2) is 58.2 Å². The number of benzene rings is 2. The molecule has 0 spiro atoms. The molecule has 0 saturated heterocycles. The highest BCUT2D eigenvalue weighted by atomic mass is 35.5. The number of hydrogen-bond acceptors (Lipinski definition) is 5. The van der Waals surface area contributed by atoms with Crippen molar-refractivity contribution in [2.45, 2.75) is 24.5 Å². The van der Waals surface area contributed by atoms with Crippen molar-refractivity contribution in [3.8, 4) is 5.75 Å². The third-order valence-corrected chi connectivity index (χ3v) is 4.28. The summed E-state index contributed by atoms with van der Waals surface area (Å²) >= 11 is 7.54. The van der Waals surface area contributed by atoms with Gasteiger partial charge in [-0.1, -0.05) is 65.3 Å². The minimum atomic E-state index is 0.196. The van der Waals surface area contributed by atoms with E-state index in [1.165, 1.54) is 22.9 Å². The van der Waals surface area contributed by atoms with E-state index in [-0.39, 0.29) is 6.61 Å². The molecule has 0 unspecified atom stereocenters. The molecule has 1 heterocycles. The topological polar surface area (TPSA) is 48.2 Å². The molecule has 0 aliphatic carbocycles. The van der Waals surface area contributed by atoms with E-state index in [0.717, 1.165) is 5.75 Å². The lowest BCUT2D eigenvalue weighted by Gasteiger charge is -2.04. The first kappa shape index (κ1) is 15.9. The highest BCUT2D eigenvalue weighted by molar-refractivity contribution is 7.98. The molecular weight excluding hydrogens is 332 g/mol. The monoisotopic (exact) mass is 346 g/mol. The third-order valence-electron chi connectivity index (χ3n) is 3.08. The number of halogens is 1. The van der Waals surface area contributed by atoms with E-state index >= 15 is 0 Å². The molecule has 3 rings (SSSR count). The van der Waals surface area contributed by atoms with E-state index in [1.54, 1.807) is 12.1 Å². The Hall–Kier alpha value is -1.98. The first-order valence-electron chi connectivity index (χ1n) is 7.09. The predicted octanol–water partition coefficient (Wildman–Crippen LogP) is 4.90. The lowest BCUT2D eigenvalue weighted by Crippen LogP contribution is -1.95. The summed E-state index contributed by atoms with van der Waals surface area (Å²) in [5, 5.41) is 9.10. The Kier molecular flexibility index (Phi) is 5.20. The van der Waals surface area contributed by atoms with Gasteiger partial charge < -0.3 is 9.15 Å². The summed E-state index contributed by atoms with van der Waals surface area (Å²) in [6, 6.07) is 15.6. The van der Waals surface area contributed by atoms with E-state index < -0.39 is 0 Å². The van der Waals surface area contributed by atoms with E-state index in [1.807, 2.05) is 18.2 Å². The zero-order valence-electron chi connectivity index (χ0n) is 12.5. The van der Waals surface area contributed by atoms with Gasteiger partial charge in [-0.25, -0.2) is 0 Å². The summed E-state index contributed by atoms with van der Waals surface area (Å²) in [7, 11) is 0. The Bertz CT molecular complexity index is 792. The average Bonchev–Trinajstić information content (AvgIpc) is 3.00. The Morgan fingerprint density at radius 3 is 2.83 bits per heavy atom. The van der Waals surface area contributed by atoms with Crippen LogP contribution < -0.4 is 4.74 Å². The molecule has 3 aromatic rings. The molecule has 0 atom stereocenters. The maximum Gasteiger partial charge on any atom is 0.277 e. The summed E-state index contributed by atoms with van der Waals surface area (Å²) in [4.78, 5) is 0. The number of nitrogens with zero attached hydrogens (tertiary/aromatic N) is 2. The summed E-state index contributed by atoms with van der Waals surface area (Å²) in [5.41, 5.74) is 2.46. The molecule has 0 aliphatic heterocycles. The molecule has 0 saturated carbocycles. The van der Waals surface area contributed by atoms with Crippen LogP contribution in [-0.2, 0) is 12.4 Å². The van der Waals surface area contributed by atoms with Gasteiger partial charge in [0.25, 0.3) is 11.1 Å². The second-order valence-electron chi connectivity index (χ2n) is 4.96. The SMILES string of the molecule is Cc1cccc(CSc2nnc(COc3ccccc3Cl)o2)c1. The smallest absolute Gasteiger partial charge is 0.277 e. The molecule has 0 bridgehead atoms. The van der Waals surface area contributed by atoms with Gasteiger partial charge in [-0.3, -0.25) is 0 Å². The Labute approximate surface area is 143 Å². The van der Waals surface area contributed by atoms with Crippen LogP contribution >= 0.6 is 23.4 Å². The zero-order valence-corrected chi connectivity index (χ0v) is 14.1. The van der Waals surface area contributed by atoms with Crippen molar-refractivity contribution in [2.24, 2.45) is 0 Å². The Morgan fingerprint density at radius 2 is 2.00 bits per heavy atom. The first-order valence-corrected chi connectivity index (χ1v) is 8.45. The number of para-hydroxylation sites is 1. The fraction of sp³-hybridized carbons (Fsp3) is 0.176. The lowest BCUT2D eigenvalue weighted by atomic mass is 10.2. The van der Waals surface area contributed by atoms with E-state index in [9.17, 15) is 0 Å².